The zero-order valence-corrected chi connectivity index (χ0v) is 16.8. The highest BCUT2D eigenvalue weighted by atomic mass is 16.5. The molecule has 1 amide bonds. The summed E-state index contributed by atoms with van der Waals surface area (Å²) in [5, 5.41) is 4.22. The van der Waals surface area contributed by atoms with Gasteiger partial charge in [0.1, 0.15) is 5.39 Å². The molecule has 1 N–H and O–H groups in total. The Kier molecular flexibility index (Phi) is 4.58. The predicted octanol–water partition coefficient (Wildman–Crippen LogP) is 2.67. The Morgan fingerprint density at radius 1 is 1.14 bits per heavy atom. The number of aromatic nitrogens is 3. The van der Waals surface area contributed by atoms with Crippen LogP contribution >= 0.6 is 0 Å². The first kappa shape index (κ1) is 18.7. The quantitative estimate of drug-likeness (QED) is 0.581. The average Bonchev–Trinajstić information content (AvgIpc) is 3.03. The van der Waals surface area contributed by atoms with Crippen molar-refractivity contribution in [2.75, 3.05) is 7.11 Å². The number of ether oxygens (including phenoxy) is 1. The molecule has 29 heavy (non-hydrogen) atoms. The van der Waals surface area contributed by atoms with Crippen molar-refractivity contribution in [3.05, 3.63) is 69.9 Å². The third-order valence-electron chi connectivity index (χ3n) is 5.26. The third-order valence-corrected chi connectivity index (χ3v) is 5.26. The van der Waals surface area contributed by atoms with Crippen molar-refractivity contribution in [1.82, 2.24) is 19.4 Å². The second-order valence-corrected chi connectivity index (χ2v) is 7.09. The smallest absolute Gasteiger partial charge is 0.272 e. The van der Waals surface area contributed by atoms with E-state index in [-0.39, 0.29) is 11.5 Å². The van der Waals surface area contributed by atoms with Crippen molar-refractivity contribution in [1.29, 1.82) is 0 Å². The second kappa shape index (κ2) is 7.09. The van der Waals surface area contributed by atoms with Crippen LogP contribution in [-0.4, -0.2) is 27.1 Å². The molecule has 7 nitrogen and oxygen atoms in total. The summed E-state index contributed by atoms with van der Waals surface area (Å²) in [6.07, 6.45) is 3.36. The normalized spacial score (nSPS) is 11.2. The van der Waals surface area contributed by atoms with E-state index in [2.05, 4.69) is 10.3 Å². The minimum absolute atomic E-state index is 0.197. The molecule has 0 atom stereocenters. The molecular weight excluding hydrogens is 368 g/mol. The molecule has 0 aliphatic heterocycles. The Balaban J connectivity index is 1.93. The van der Waals surface area contributed by atoms with Crippen molar-refractivity contribution < 1.29 is 9.53 Å². The van der Waals surface area contributed by atoms with Crippen LogP contribution in [0.25, 0.3) is 21.8 Å². The van der Waals surface area contributed by atoms with E-state index >= 15 is 0 Å². The highest BCUT2D eigenvalue weighted by Crippen LogP contribution is 2.34. The number of pyridine rings is 2. The average molecular weight is 390 g/mol. The SMILES string of the molecule is COc1c(C(=O)NCc2ccncc2)n(C)c2c1c(=O)n(C)c1ccc(C)cc21. The Morgan fingerprint density at radius 3 is 2.55 bits per heavy atom. The largest absolute Gasteiger partial charge is 0.493 e. The maximum absolute atomic E-state index is 13.1. The second-order valence-electron chi connectivity index (χ2n) is 7.09. The zero-order valence-electron chi connectivity index (χ0n) is 16.8. The number of benzene rings is 1. The van der Waals surface area contributed by atoms with Crippen LogP contribution in [0.4, 0.5) is 0 Å². The number of carbonyl (C=O) groups is 1. The summed E-state index contributed by atoms with van der Waals surface area (Å²) in [4.78, 5) is 30.1. The van der Waals surface area contributed by atoms with Crippen molar-refractivity contribution in [2.45, 2.75) is 13.5 Å². The van der Waals surface area contributed by atoms with Crippen LogP contribution in [0.3, 0.4) is 0 Å². The molecule has 3 heterocycles. The fraction of sp³-hybridized carbons (Fsp3) is 0.227. The molecule has 1 aromatic carbocycles. The van der Waals surface area contributed by atoms with Crippen LogP contribution in [-0.2, 0) is 20.6 Å². The van der Waals surface area contributed by atoms with Crippen LogP contribution in [0.15, 0.2) is 47.5 Å². The lowest BCUT2D eigenvalue weighted by molar-refractivity contribution is 0.0940. The van der Waals surface area contributed by atoms with Gasteiger partial charge in [0.2, 0.25) is 0 Å². The molecule has 0 saturated heterocycles. The van der Waals surface area contributed by atoms with E-state index in [1.165, 1.54) is 7.11 Å². The van der Waals surface area contributed by atoms with E-state index in [1.54, 1.807) is 35.6 Å². The number of rotatable bonds is 4. The number of hydrogen-bond donors (Lipinski definition) is 1. The predicted molar refractivity (Wildman–Crippen MR) is 112 cm³/mol. The fourth-order valence-electron chi connectivity index (χ4n) is 3.80. The first-order valence-corrected chi connectivity index (χ1v) is 9.27. The molecule has 4 rings (SSSR count). The molecule has 0 aliphatic rings. The van der Waals surface area contributed by atoms with Gasteiger partial charge in [-0.25, -0.2) is 0 Å². The van der Waals surface area contributed by atoms with E-state index < -0.39 is 0 Å². The molecule has 0 spiro atoms. The van der Waals surface area contributed by atoms with Gasteiger partial charge >= 0.3 is 0 Å². The van der Waals surface area contributed by atoms with Gasteiger partial charge in [-0.2, -0.15) is 0 Å². The molecule has 0 fully saturated rings. The van der Waals surface area contributed by atoms with E-state index in [1.807, 2.05) is 37.3 Å². The maximum Gasteiger partial charge on any atom is 0.272 e. The summed E-state index contributed by atoms with van der Waals surface area (Å²) in [7, 11) is 5.00. The van der Waals surface area contributed by atoms with Crippen molar-refractivity contribution in [3.8, 4) is 5.75 Å². The molecule has 0 unspecified atom stereocenters. The summed E-state index contributed by atoms with van der Waals surface area (Å²) in [6, 6.07) is 9.59. The van der Waals surface area contributed by atoms with Crippen LogP contribution < -0.4 is 15.6 Å². The first-order valence-electron chi connectivity index (χ1n) is 9.27. The lowest BCUT2D eigenvalue weighted by atomic mass is 10.1. The molecule has 4 aromatic rings. The fourth-order valence-corrected chi connectivity index (χ4v) is 3.80. The summed E-state index contributed by atoms with van der Waals surface area (Å²) in [6.45, 7) is 2.35. The van der Waals surface area contributed by atoms with Gasteiger partial charge in [-0.15, -0.1) is 0 Å². The lowest BCUT2D eigenvalue weighted by Gasteiger charge is -2.09. The number of nitrogens with one attached hydrogen (secondary N) is 1. The minimum Gasteiger partial charge on any atom is -0.493 e. The van der Waals surface area contributed by atoms with E-state index in [4.69, 9.17) is 4.74 Å². The van der Waals surface area contributed by atoms with Crippen molar-refractivity contribution in [3.63, 3.8) is 0 Å². The summed E-state index contributed by atoms with van der Waals surface area (Å²) < 4.78 is 8.91. The molecule has 0 aliphatic carbocycles. The monoisotopic (exact) mass is 390 g/mol. The van der Waals surface area contributed by atoms with E-state index in [0.29, 0.717) is 28.9 Å². The lowest BCUT2D eigenvalue weighted by Crippen LogP contribution is -2.25. The number of fused-ring (bicyclic) bond motifs is 3. The number of amides is 1. The van der Waals surface area contributed by atoms with Crippen molar-refractivity contribution >= 4 is 27.7 Å². The van der Waals surface area contributed by atoms with Crippen molar-refractivity contribution in [2.24, 2.45) is 14.1 Å². The van der Waals surface area contributed by atoms with Crippen LogP contribution in [0, 0.1) is 6.92 Å². The number of methoxy groups -OCH3 is 1. The molecular formula is C22H22N4O3. The number of aryl methyl sites for hydroxylation is 3. The minimum atomic E-state index is -0.305. The molecule has 3 aromatic heterocycles. The number of carbonyl (C=O) groups excluding carboxylic acids is 1. The van der Waals surface area contributed by atoms with E-state index in [9.17, 15) is 9.59 Å². The topological polar surface area (TPSA) is 78.2 Å². The Morgan fingerprint density at radius 2 is 1.86 bits per heavy atom. The van der Waals surface area contributed by atoms with Gasteiger partial charge in [0.25, 0.3) is 11.5 Å². The third kappa shape index (κ3) is 2.95. The van der Waals surface area contributed by atoms with Gasteiger partial charge in [-0.1, -0.05) is 11.6 Å². The van der Waals surface area contributed by atoms with Gasteiger partial charge in [0.15, 0.2) is 11.4 Å². The number of nitrogens with zero attached hydrogens (tertiary/aromatic N) is 3. The van der Waals surface area contributed by atoms with Gasteiger partial charge in [0, 0.05) is 38.4 Å². The van der Waals surface area contributed by atoms with Gasteiger partial charge in [-0.05, 0) is 36.8 Å². The number of hydrogen-bond acceptors (Lipinski definition) is 4. The van der Waals surface area contributed by atoms with Gasteiger partial charge in [-0.3, -0.25) is 14.6 Å². The molecule has 0 saturated carbocycles. The Hall–Kier alpha value is -3.61. The van der Waals surface area contributed by atoms with Crippen LogP contribution in [0.5, 0.6) is 5.75 Å². The summed E-state index contributed by atoms with van der Waals surface area (Å²) in [5.41, 5.74) is 3.63. The molecule has 0 bridgehead atoms. The van der Waals surface area contributed by atoms with Gasteiger partial charge in [0.05, 0.1) is 18.1 Å². The highest BCUT2D eigenvalue weighted by Gasteiger charge is 2.26. The standard InChI is InChI=1S/C22H22N4O3/c1-13-5-6-16-15(11-13)18-17(22(28)25(16)2)20(29-4)19(26(18)3)21(27)24-12-14-7-9-23-10-8-14/h5-11H,12H2,1-4H3,(H,24,27). The zero-order chi connectivity index (χ0) is 20.7. The Labute approximate surface area is 167 Å². The molecule has 148 valence electrons. The molecule has 0 radical (unpaired) electrons. The highest BCUT2D eigenvalue weighted by molar-refractivity contribution is 6.12. The van der Waals surface area contributed by atoms with Crippen LogP contribution in [0.2, 0.25) is 0 Å². The van der Waals surface area contributed by atoms with Gasteiger partial charge < -0.3 is 19.2 Å². The summed E-state index contributed by atoms with van der Waals surface area (Å²) in [5.74, 6) is -0.0149. The molecule has 7 heteroatoms. The first-order chi connectivity index (χ1) is 13.9. The van der Waals surface area contributed by atoms with Crippen LogP contribution in [0.1, 0.15) is 21.6 Å². The maximum atomic E-state index is 13.1. The van der Waals surface area contributed by atoms with E-state index in [0.717, 1.165) is 22.0 Å². The Bertz CT molecular complexity index is 1300. The summed E-state index contributed by atoms with van der Waals surface area (Å²) >= 11 is 0.